The Morgan fingerprint density at radius 1 is 1.00 bits per heavy atom. The highest BCUT2D eigenvalue weighted by molar-refractivity contribution is 5.45. The number of hydrogen-bond acceptors (Lipinski definition) is 1. The molecule has 0 spiro atoms. The van der Waals surface area contributed by atoms with Crippen LogP contribution in [-0.2, 0) is 0 Å². The fraction of sp³-hybridized carbons (Fsp3) is 0.500. The van der Waals surface area contributed by atoms with Gasteiger partial charge in [0.05, 0.1) is 13.1 Å². The molecule has 0 saturated carbocycles. The molecule has 1 aromatic rings. The number of rotatable bonds is 1. The van der Waals surface area contributed by atoms with Crippen LogP contribution in [0, 0.1) is 12.1 Å². The molecule has 0 atom stereocenters. The Morgan fingerprint density at radius 3 is 2.14 bits per heavy atom. The molecule has 1 aliphatic rings. The van der Waals surface area contributed by atoms with E-state index in [2.05, 4.69) is 6.92 Å². The Bertz CT molecular complexity index is 299. The van der Waals surface area contributed by atoms with Gasteiger partial charge in [0.15, 0.2) is 0 Å². The maximum absolute atomic E-state index is 12.4. The molecule has 1 aliphatic heterocycles. The zero-order valence-corrected chi connectivity index (χ0v) is 8.70. The molecule has 2 nitrogen and oxygen atoms in total. The van der Waals surface area contributed by atoms with E-state index >= 15 is 0 Å². The second-order valence-electron chi connectivity index (χ2n) is 4.23. The van der Waals surface area contributed by atoms with Gasteiger partial charge in [0, 0.05) is 0 Å². The average molecular weight is 191 g/mol. The quantitative estimate of drug-likeness (QED) is 0.494. The molecule has 0 aliphatic carbocycles. The Balaban J connectivity index is 2.23. The molecule has 1 saturated heterocycles. The number of hydroxylamine groups is 2. The zero-order valence-electron chi connectivity index (χ0n) is 8.70. The molecule has 0 N–H and O–H groups in total. The van der Waals surface area contributed by atoms with Crippen molar-refractivity contribution in [2.75, 3.05) is 13.1 Å². The summed E-state index contributed by atoms with van der Waals surface area (Å²) in [5.74, 6) is 0. The second-order valence-corrected chi connectivity index (χ2v) is 4.23. The minimum atomic E-state index is -0.111. The molecule has 0 aromatic heterocycles. The van der Waals surface area contributed by atoms with Crippen LogP contribution in [0.5, 0.6) is 0 Å². The minimum absolute atomic E-state index is 0.111. The van der Waals surface area contributed by atoms with Crippen molar-refractivity contribution in [2.24, 2.45) is 0 Å². The highest BCUT2D eigenvalue weighted by Gasteiger charge is 2.22. The van der Waals surface area contributed by atoms with Gasteiger partial charge in [0.25, 0.3) is 0 Å². The van der Waals surface area contributed by atoms with Crippen LogP contribution in [-0.4, -0.2) is 13.1 Å². The first-order valence-corrected chi connectivity index (χ1v) is 5.36. The van der Waals surface area contributed by atoms with Crippen LogP contribution in [0.15, 0.2) is 24.3 Å². The van der Waals surface area contributed by atoms with Crippen LogP contribution >= 0.6 is 0 Å². The van der Waals surface area contributed by atoms with E-state index in [1.807, 2.05) is 24.3 Å². The van der Waals surface area contributed by atoms with E-state index < -0.39 is 0 Å². The number of hydrogen-bond donors (Lipinski definition) is 0. The molecule has 0 unspecified atom stereocenters. The summed E-state index contributed by atoms with van der Waals surface area (Å²) in [7, 11) is 0. The highest BCUT2D eigenvalue weighted by atomic mass is 16.5. The molecule has 1 aromatic carbocycles. The summed E-state index contributed by atoms with van der Waals surface area (Å²) in [6, 6.07) is 8.02. The molecular formula is C12H17NO. The fourth-order valence-electron chi connectivity index (χ4n) is 2.10. The minimum Gasteiger partial charge on any atom is -0.627 e. The third kappa shape index (κ3) is 1.81. The summed E-state index contributed by atoms with van der Waals surface area (Å²) < 4.78 is -0.111. The molecule has 2 heteroatoms. The topological polar surface area (TPSA) is 23.1 Å². The molecule has 14 heavy (non-hydrogen) atoms. The van der Waals surface area contributed by atoms with Crippen LogP contribution in [0.3, 0.4) is 0 Å². The number of aryl methyl sites for hydroxylation is 1. The number of benzene rings is 1. The first kappa shape index (κ1) is 9.69. The Labute approximate surface area is 85.3 Å². The van der Waals surface area contributed by atoms with Crippen molar-refractivity contribution >= 4 is 5.69 Å². The number of piperidine rings is 1. The zero-order chi connectivity index (χ0) is 10.0. The van der Waals surface area contributed by atoms with E-state index in [-0.39, 0.29) is 4.65 Å². The molecule has 0 radical (unpaired) electrons. The highest BCUT2D eigenvalue weighted by Crippen LogP contribution is 2.27. The van der Waals surface area contributed by atoms with E-state index in [0.717, 1.165) is 31.6 Å². The fourth-order valence-corrected chi connectivity index (χ4v) is 2.10. The number of quaternary nitrogens is 1. The first-order chi connectivity index (χ1) is 6.71. The third-order valence-electron chi connectivity index (χ3n) is 3.04. The smallest absolute Gasteiger partial charge is 0.132 e. The van der Waals surface area contributed by atoms with Crippen molar-refractivity contribution in [3.05, 3.63) is 35.0 Å². The summed E-state index contributed by atoms with van der Waals surface area (Å²) in [5.41, 5.74) is 2.15. The van der Waals surface area contributed by atoms with Gasteiger partial charge in [-0.15, -0.1) is 0 Å². The van der Waals surface area contributed by atoms with Gasteiger partial charge in [-0.1, -0.05) is 17.7 Å². The van der Waals surface area contributed by atoms with Crippen molar-refractivity contribution in [1.82, 2.24) is 4.65 Å². The molecule has 1 fully saturated rings. The van der Waals surface area contributed by atoms with Crippen LogP contribution < -0.4 is 4.65 Å². The van der Waals surface area contributed by atoms with E-state index in [4.69, 9.17) is 0 Å². The summed E-state index contributed by atoms with van der Waals surface area (Å²) in [4.78, 5) is 0. The number of nitrogens with zero attached hydrogens (tertiary/aromatic N) is 1. The van der Waals surface area contributed by atoms with Gasteiger partial charge in [-0.3, -0.25) is 0 Å². The van der Waals surface area contributed by atoms with E-state index in [9.17, 15) is 5.21 Å². The van der Waals surface area contributed by atoms with Crippen molar-refractivity contribution in [2.45, 2.75) is 26.2 Å². The monoisotopic (exact) mass is 191 g/mol. The lowest BCUT2D eigenvalue weighted by Crippen LogP contribution is -2.47. The largest absolute Gasteiger partial charge is 0.627 e. The summed E-state index contributed by atoms with van der Waals surface area (Å²) >= 11 is 0. The van der Waals surface area contributed by atoms with Crippen molar-refractivity contribution < 1.29 is 0 Å². The maximum Gasteiger partial charge on any atom is 0.132 e. The lowest BCUT2D eigenvalue weighted by atomic mass is 10.1. The van der Waals surface area contributed by atoms with Gasteiger partial charge in [-0.25, -0.2) is 0 Å². The van der Waals surface area contributed by atoms with Gasteiger partial charge >= 0.3 is 0 Å². The summed E-state index contributed by atoms with van der Waals surface area (Å²) in [6.07, 6.45) is 3.35. The van der Waals surface area contributed by atoms with E-state index in [1.165, 1.54) is 12.0 Å². The van der Waals surface area contributed by atoms with Gasteiger partial charge < -0.3 is 9.85 Å². The van der Waals surface area contributed by atoms with Gasteiger partial charge in [-0.05, 0) is 38.3 Å². The SMILES string of the molecule is Cc1ccc([N+]2([O-])CCCCC2)cc1. The predicted octanol–water partition coefficient (Wildman–Crippen LogP) is 2.98. The standard InChI is InChI=1S/C12H17NO/c1-11-5-7-12(8-6-11)13(14)9-3-2-4-10-13/h5-8H,2-4,9-10H2,1H3. The molecular weight excluding hydrogens is 174 g/mol. The predicted molar refractivity (Wildman–Crippen MR) is 59.9 cm³/mol. The van der Waals surface area contributed by atoms with E-state index in [1.54, 1.807) is 0 Å². The summed E-state index contributed by atoms with van der Waals surface area (Å²) in [5, 5.41) is 12.4. The first-order valence-electron chi connectivity index (χ1n) is 5.36. The Morgan fingerprint density at radius 2 is 1.57 bits per heavy atom. The lowest BCUT2D eigenvalue weighted by molar-refractivity contribution is 0.307. The molecule has 1 heterocycles. The normalized spacial score (nSPS) is 20.7. The molecule has 0 bridgehead atoms. The Kier molecular flexibility index (Phi) is 2.57. The third-order valence-corrected chi connectivity index (χ3v) is 3.04. The van der Waals surface area contributed by atoms with Crippen LogP contribution in [0.25, 0.3) is 0 Å². The van der Waals surface area contributed by atoms with Crippen molar-refractivity contribution in [3.8, 4) is 0 Å². The van der Waals surface area contributed by atoms with Crippen molar-refractivity contribution in [1.29, 1.82) is 0 Å². The van der Waals surface area contributed by atoms with Gasteiger partial charge in [0.1, 0.15) is 5.69 Å². The second kappa shape index (κ2) is 3.71. The van der Waals surface area contributed by atoms with Crippen molar-refractivity contribution in [3.63, 3.8) is 0 Å². The molecule has 2 rings (SSSR count). The van der Waals surface area contributed by atoms with Gasteiger partial charge in [0.2, 0.25) is 0 Å². The van der Waals surface area contributed by atoms with Gasteiger partial charge in [-0.2, -0.15) is 0 Å². The van der Waals surface area contributed by atoms with Crippen LogP contribution in [0.4, 0.5) is 5.69 Å². The maximum atomic E-state index is 12.4. The molecule has 0 amide bonds. The van der Waals surface area contributed by atoms with E-state index in [0.29, 0.717) is 0 Å². The summed E-state index contributed by atoms with van der Waals surface area (Å²) in [6.45, 7) is 3.56. The van der Waals surface area contributed by atoms with Crippen LogP contribution in [0.2, 0.25) is 0 Å². The lowest BCUT2D eigenvalue weighted by Gasteiger charge is -2.44. The Hall–Kier alpha value is -0.860. The molecule has 76 valence electrons. The van der Waals surface area contributed by atoms with Crippen LogP contribution in [0.1, 0.15) is 24.8 Å². The average Bonchev–Trinajstić information content (AvgIpc) is 2.19.